The fourth-order valence-corrected chi connectivity index (χ4v) is 4.39. The molecular formula is C18H15NO4S2. The average molecular weight is 373 g/mol. The Kier molecular flexibility index (Phi) is 4.42. The van der Waals surface area contributed by atoms with Gasteiger partial charge in [0.25, 0.3) is 0 Å². The Morgan fingerprint density at radius 3 is 3.08 bits per heavy atom. The highest BCUT2D eigenvalue weighted by molar-refractivity contribution is 7.20. The molecule has 1 atom stereocenters. The van der Waals surface area contributed by atoms with Crippen LogP contribution in [0.4, 0.5) is 0 Å². The standard InChI is InChI=1S/C18H15NO4S2/c20-17(21)6-11-8-23-15-7-13(3-4-14(11)15)22-9-12-10-25-18(19-12)16-2-1-5-24-16/h1-5,7,10-11H,6,8-9H2,(H,20,21). The number of hydrogen-bond donors (Lipinski definition) is 1. The van der Waals surface area contributed by atoms with Crippen molar-refractivity contribution in [3.63, 3.8) is 0 Å². The third-order valence-electron chi connectivity index (χ3n) is 3.96. The largest absolute Gasteiger partial charge is 0.492 e. The zero-order valence-electron chi connectivity index (χ0n) is 13.2. The molecule has 1 unspecified atom stereocenters. The fraction of sp³-hybridized carbons (Fsp3) is 0.222. The molecule has 7 heteroatoms. The van der Waals surface area contributed by atoms with Gasteiger partial charge in [0.1, 0.15) is 23.1 Å². The minimum atomic E-state index is -0.813. The maximum Gasteiger partial charge on any atom is 0.304 e. The molecule has 3 aromatic rings. The van der Waals surface area contributed by atoms with Crippen molar-refractivity contribution in [2.24, 2.45) is 0 Å². The van der Waals surface area contributed by atoms with Crippen molar-refractivity contribution >= 4 is 28.6 Å². The van der Waals surface area contributed by atoms with Gasteiger partial charge in [0.2, 0.25) is 0 Å². The minimum absolute atomic E-state index is 0.0809. The van der Waals surface area contributed by atoms with Crippen molar-refractivity contribution in [3.8, 4) is 21.4 Å². The van der Waals surface area contributed by atoms with E-state index in [0.29, 0.717) is 24.7 Å². The summed E-state index contributed by atoms with van der Waals surface area (Å²) in [6, 6.07) is 9.64. The number of thiophene rings is 1. The molecule has 0 saturated carbocycles. The Bertz CT molecular complexity index is 888. The van der Waals surface area contributed by atoms with Crippen LogP contribution in [0, 0.1) is 0 Å². The molecule has 0 aliphatic carbocycles. The van der Waals surface area contributed by atoms with Crippen molar-refractivity contribution in [2.45, 2.75) is 18.9 Å². The SMILES string of the molecule is O=C(O)CC1COc2cc(OCc3csc(-c4cccs4)n3)ccc21. The van der Waals surface area contributed by atoms with Gasteiger partial charge >= 0.3 is 5.97 Å². The van der Waals surface area contributed by atoms with E-state index < -0.39 is 5.97 Å². The number of carboxylic acids is 1. The molecule has 0 saturated heterocycles. The monoisotopic (exact) mass is 373 g/mol. The van der Waals surface area contributed by atoms with E-state index in [4.69, 9.17) is 14.6 Å². The van der Waals surface area contributed by atoms with Crippen molar-refractivity contribution in [3.05, 3.63) is 52.3 Å². The Balaban J connectivity index is 1.42. The second-order valence-electron chi connectivity index (χ2n) is 5.72. The molecular weight excluding hydrogens is 358 g/mol. The molecule has 0 amide bonds. The topological polar surface area (TPSA) is 68.7 Å². The van der Waals surface area contributed by atoms with Crippen molar-refractivity contribution in [2.75, 3.05) is 6.61 Å². The Morgan fingerprint density at radius 2 is 2.28 bits per heavy atom. The minimum Gasteiger partial charge on any atom is -0.492 e. The highest BCUT2D eigenvalue weighted by Crippen LogP contribution is 2.38. The molecule has 128 valence electrons. The molecule has 1 aliphatic rings. The number of fused-ring (bicyclic) bond motifs is 1. The number of nitrogens with zero attached hydrogens (tertiary/aromatic N) is 1. The summed E-state index contributed by atoms with van der Waals surface area (Å²) in [4.78, 5) is 16.6. The van der Waals surface area contributed by atoms with Crippen LogP contribution in [0.2, 0.25) is 0 Å². The highest BCUT2D eigenvalue weighted by Gasteiger charge is 2.26. The van der Waals surface area contributed by atoms with Crippen LogP contribution < -0.4 is 9.47 Å². The van der Waals surface area contributed by atoms with Gasteiger partial charge in [-0.2, -0.15) is 0 Å². The maximum absolute atomic E-state index is 10.9. The highest BCUT2D eigenvalue weighted by atomic mass is 32.1. The van der Waals surface area contributed by atoms with Gasteiger partial charge in [0.15, 0.2) is 0 Å². The number of aliphatic carboxylic acids is 1. The smallest absolute Gasteiger partial charge is 0.304 e. The van der Waals surface area contributed by atoms with Crippen LogP contribution in [0.1, 0.15) is 23.6 Å². The van der Waals surface area contributed by atoms with Crippen LogP contribution in [0.5, 0.6) is 11.5 Å². The lowest BCUT2D eigenvalue weighted by atomic mass is 9.98. The number of carboxylic acid groups (broad SMARTS) is 1. The predicted molar refractivity (Wildman–Crippen MR) is 96.7 cm³/mol. The van der Waals surface area contributed by atoms with Gasteiger partial charge in [-0.25, -0.2) is 4.98 Å². The summed E-state index contributed by atoms with van der Waals surface area (Å²) in [6.07, 6.45) is 0.0809. The number of aromatic nitrogens is 1. The van der Waals surface area contributed by atoms with E-state index in [2.05, 4.69) is 11.1 Å². The summed E-state index contributed by atoms with van der Waals surface area (Å²) in [6.45, 7) is 0.792. The quantitative estimate of drug-likeness (QED) is 0.693. The average Bonchev–Trinajstić information content (AvgIpc) is 3.33. The Hall–Kier alpha value is -2.38. The Morgan fingerprint density at radius 1 is 1.36 bits per heavy atom. The lowest BCUT2D eigenvalue weighted by Gasteiger charge is -2.07. The van der Waals surface area contributed by atoms with Crippen LogP contribution in [0.3, 0.4) is 0 Å². The summed E-state index contributed by atoms with van der Waals surface area (Å²) < 4.78 is 11.4. The molecule has 1 aliphatic heterocycles. The number of ether oxygens (including phenoxy) is 2. The lowest BCUT2D eigenvalue weighted by Crippen LogP contribution is -2.07. The van der Waals surface area contributed by atoms with Crippen LogP contribution in [0.15, 0.2) is 41.1 Å². The number of rotatable bonds is 6. The molecule has 0 radical (unpaired) electrons. The number of carbonyl (C=O) groups is 1. The summed E-state index contributed by atoms with van der Waals surface area (Å²) >= 11 is 3.28. The first-order valence-corrected chi connectivity index (χ1v) is 9.54. The molecule has 2 aromatic heterocycles. The number of benzene rings is 1. The van der Waals surface area contributed by atoms with Crippen molar-refractivity contribution in [1.82, 2.24) is 4.98 Å². The molecule has 0 spiro atoms. The molecule has 1 aromatic carbocycles. The van der Waals surface area contributed by atoms with Gasteiger partial charge in [-0.05, 0) is 17.5 Å². The maximum atomic E-state index is 10.9. The second-order valence-corrected chi connectivity index (χ2v) is 7.52. The van der Waals surface area contributed by atoms with E-state index in [-0.39, 0.29) is 12.3 Å². The first-order chi connectivity index (χ1) is 12.2. The van der Waals surface area contributed by atoms with Gasteiger partial charge < -0.3 is 14.6 Å². The van der Waals surface area contributed by atoms with Crippen molar-refractivity contribution < 1.29 is 19.4 Å². The molecule has 4 rings (SSSR count). The van der Waals surface area contributed by atoms with E-state index >= 15 is 0 Å². The third-order valence-corrected chi connectivity index (χ3v) is 5.89. The molecule has 1 N–H and O–H groups in total. The summed E-state index contributed by atoms with van der Waals surface area (Å²) in [5.41, 5.74) is 1.82. The van der Waals surface area contributed by atoms with Gasteiger partial charge in [-0.3, -0.25) is 4.79 Å². The molecule has 5 nitrogen and oxygen atoms in total. The van der Waals surface area contributed by atoms with Crippen LogP contribution in [-0.4, -0.2) is 22.7 Å². The lowest BCUT2D eigenvalue weighted by molar-refractivity contribution is -0.137. The van der Waals surface area contributed by atoms with Gasteiger partial charge in [0.05, 0.1) is 23.6 Å². The van der Waals surface area contributed by atoms with E-state index in [1.54, 1.807) is 22.7 Å². The number of hydrogen-bond acceptors (Lipinski definition) is 6. The van der Waals surface area contributed by atoms with Gasteiger partial charge in [-0.1, -0.05) is 12.1 Å². The fourth-order valence-electron chi connectivity index (χ4n) is 2.77. The van der Waals surface area contributed by atoms with E-state index in [9.17, 15) is 4.79 Å². The van der Waals surface area contributed by atoms with Crippen LogP contribution in [-0.2, 0) is 11.4 Å². The van der Waals surface area contributed by atoms with Crippen LogP contribution >= 0.6 is 22.7 Å². The number of thiazole rings is 1. The summed E-state index contributed by atoms with van der Waals surface area (Å²) in [5.74, 6) is 0.502. The Labute approximate surface area is 152 Å². The van der Waals surface area contributed by atoms with E-state index in [1.165, 1.54) is 0 Å². The van der Waals surface area contributed by atoms with Gasteiger partial charge in [0, 0.05) is 22.9 Å². The second kappa shape index (κ2) is 6.85. The zero-order chi connectivity index (χ0) is 17.2. The molecule has 3 heterocycles. The van der Waals surface area contributed by atoms with Crippen LogP contribution in [0.25, 0.3) is 9.88 Å². The third kappa shape index (κ3) is 3.52. The molecule has 0 bridgehead atoms. The zero-order valence-corrected chi connectivity index (χ0v) is 14.8. The van der Waals surface area contributed by atoms with Crippen molar-refractivity contribution in [1.29, 1.82) is 0 Å². The predicted octanol–water partition coefficient (Wildman–Crippen LogP) is 4.40. The normalized spacial score (nSPS) is 15.6. The first-order valence-electron chi connectivity index (χ1n) is 7.78. The molecule has 0 fully saturated rings. The summed E-state index contributed by atoms with van der Waals surface area (Å²) in [5, 5.41) is 14.0. The van der Waals surface area contributed by atoms with E-state index in [1.807, 2.05) is 35.0 Å². The molecule has 25 heavy (non-hydrogen) atoms. The first kappa shape index (κ1) is 16.1. The summed E-state index contributed by atoms with van der Waals surface area (Å²) in [7, 11) is 0. The van der Waals surface area contributed by atoms with Gasteiger partial charge in [-0.15, -0.1) is 22.7 Å². The van der Waals surface area contributed by atoms with E-state index in [0.717, 1.165) is 21.1 Å².